The Labute approximate surface area is 182 Å². The molecule has 10 atom stereocenters. The molecule has 0 saturated carbocycles. The fourth-order valence-corrected chi connectivity index (χ4v) is 3.80. The third-order valence-corrected chi connectivity index (χ3v) is 5.58. The molecule has 184 valence electrons. The zero-order valence-electron chi connectivity index (χ0n) is 18.7. The van der Waals surface area contributed by atoms with Gasteiger partial charge in [0.1, 0.15) is 42.7 Å². The molecule has 2 fully saturated rings. The predicted octanol–water partition coefficient (Wildman–Crippen LogP) is -2.89. The monoisotopic (exact) mass is 453 g/mol. The van der Waals surface area contributed by atoms with E-state index in [0.717, 1.165) is 0 Å². The highest BCUT2D eigenvalue weighted by molar-refractivity contribution is 5.73. The number of hydrogen-bond acceptors (Lipinski definition) is 10. The molecule has 10 unspecified atom stereocenters. The van der Waals surface area contributed by atoms with Gasteiger partial charge in [-0.3, -0.25) is 4.79 Å². The van der Waals surface area contributed by atoms with Crippen molar-refractivity contribution < 1.29 is 50.0 Å². The fraction of sp³-hybridized carbons (Fsp3) is 0.950. The lowest BCUT2D eigenvalue weighted by molar-refractivity contribution is -0.238. The van der Waals surface area contributed by atoms with Crippen LogP contribution in [0, 0.1) is 11.8 Å². The van der Waals surface area contributed by atoms with Crippen molar-refractivity contribution in [2.45, 2.75) is 95.6 Å². The highest BCUT2D eigenvalue weighted by Gasteiger charge is 2.46. The number of aliphatic hydroxyl groups excluding tert-OH is 7. The molecule has 8 N–H and O–H groups in total. The number of aliphatic hydroxyl groups is 7. The summed E-state index contributed by atoms with van der Waals surface area (Å²) in [6, 6.07) is -0.662. The van der Waals surface area contributed by atoms with E-state index >= 15 is 0 Å². The Morgan fingerprint density at radius 3 is 1.55 bits per heavy atom. The smallest absolute Gasteiger partial charge is 0.217 e. The molecule has 31 heavy (non-hydrogen) atoms. The number of rotatable bonds is 5. The molecule has 11 nitrogen and oxygen atoms in total. The third kappa shape index (κ3) is 7.04. The van der Waals surface area contributed by atoms with Crippen molar-refractivity contribution in [3.63, 3.8) is 0 Å². The van der Waals surface area contributed by atoms with Gasteiger partial charge >= 0.3 is 0 Å². The summed E-state index contributed by atoms with van der Waals surface area (Å²) in [5.74, 6) is -0.234. The van der Waals surface area contributed by atoms with Gasteiger partial charge < -0.3 is 50.5 Å². The summed E-state index contributed by atoms with van der Waals surface area (Å²) < 4.78 is 10.8. The van der Waals surface area contributed by atoms with Crippen LogP contribution in [0.3, 0.4) is 0 Å². The minimum Gasteiger partial charge on any atom is -0.394 e. The van der Waals surface area contributed by atoms with Gasteiger partial charge in [-0.1, -0.05) is 27.7 Å². The van der Waals surface area contributed by atoms with E-state index in [2.05, 4.69) is 5.32 Å². The van der Waals surface area contributed by atoms with E-state index in [1.807, 2.05) is 27.7 Å². The first kappa shape index (κ1) is 28.1. The van der Waals surface area contributed by atoms with Gasteiger partial charge in [0.05, 0.1) is 31.5 Å². The summed E-state index contributed by atoms with van der Waals surface area (Å²) >= 11 is 0. The highest BCUT2D eigenvalue weighted by atomic mass is 16.5. The Kier molecular flexibility index (Phi) is 11.2. The van der Waals surface area contributed by atoms with Gasteiger partial charge in [0.2, 0.25) is 5.91 Å². The van der Waals surface area contributed by atoms with Crippen molar-refractivity contribution in [2.24, 2.45) is 11.8 Å². The van der Waals surface area contributed by atoms with E-state index in [4.69, 9.17) is 19.7 Å². The molecule has 2 aliphatic rings. The highest BCUT2D eigenvalue weighted by Crippen LogP contribution is 2.26. The van der Waals surface area contributed by atoms with Crippen LogP contribution in [0.5, 0.6) is 0 Å². The number of hydrogen-bond donors (Lipinski definition) is 8. The van der Waals surface area contributed by atoms with Gasteiger partial charge in [-0.05, 0) is 11.8 Å². The minimum absolute atomic E-state index is 0.0150. The number of ether oxygens (including phenoxy) is 2. The van der Waals surface area contributed by atoms with Gasteiger partial charge in [0.25, 0.3) is 0 Å². The first-order chi connectivity index (χ1) is 14.4. The second-order valence-corrected chi connectivity index (χ2v) is 8.81. The van der Waals surface area contributed by atoms with E-state index in [9.17, 15) is 30.3 Å². The zero-order chi connectivity index (χ0) is 24.0. The standard InChI is InChI=1S/C11H21NO5.C9H18O5/c1-5(2)11-8(12-6(3)14)10(16)9(15)7(4-13)17-11;1-4(2)9-8(13)7(12)6(11)5(3-10)14-9/h5,7-11,13,15-16H,4H2,1-3H3,(H,12,14);4-13H,3H2,1-2H3. The summed E-state index contributed by atoms with van der Waals surface area (Å²) in [5.41, 5.74) is 0. The fourth-order valence-electron chi connectivity index (χ4n) is 3.80. The van der Waals surface area contributed by atoms with Crippen LogP contribution in [-0.2, 0) is 14.3 Å². The van der Waals surface area contributed by atoms with Crippen LogP contribution in [0.25, 0.3) is 0 Å². The molecular weight excluding hydrogens is 414 g/mol. The first-order valence-electron chi connectivity index (χ1n) is 10.6. The molecule has 0 aromatic rings. The molecule has 0 spiro atoms. The summed E-state index contributed by atoms with van der Waals surface area (Å²) in [6.07, 6.45) is -8.56. The molecule has 11 heteroatoms. The van der Waals surface area contributed by atoms with Crippen LogP contribution in [0.1, 0.15) is 34.6 Å². The van der Waals surface area contributed by atoms with Crippen LogP contribution in [-0.4, -0.2) is 116 Å². The van der Waals surface area contributed by atoms with Gasteiger partial charge in [-0.25, -0.2) is 0 Å². The number of nitrogens with one attached hydrogen (secondary N) is 1. The van der Waals surface area contributed by atoms with Gasteiger partial charge in [0, 0.05) is 6.92 Å². The van der Waals surface area contributed by atoms with Crippen molar-refractivity contribution in [3.05, 3.63) is 0 Å². The second kappa shape index (κ2) is 12.4. The third-order valence-electron chi connectivity index (χ3n) is 5.58. The summed E-state index contributed by atoms with van der Waals surface area (Å²) in [7, 11) is 0. The number of carbonyl (C=O) groups excluding carboxylic acids is 1. The maximum Gasteiger partial charge on any atom is 0.217 e. The molecule has 0 radical (unpaired) electrons. The Morgan fingerprint density at radius 2 is 1.16 bits per heavy atom. The molecule has 0 bridgehead atoms. The Bertz CT molecular complexity index is 546. The van der Waals surface area contributed by atoms with E-state index in [1.54, 1.807) is 0 Å². The number of carbonyl (C=O) groups is 1. The van der Waals surface area contributed by atoms with Gasteiger partial charge in [0.15, 0.2) is 0 Å². The Hall–Kier alpha value is -0.890. The molecule has 2 heterocycles. The predicted molar refractivity (Wildman–Crippen MR) is 109 cm³/mol. The van der Waals surface area contributed by atoms with E-state index in [-0.39, 0.29) is 31.0 Å². The van der Waals surface area contributed by atoms with Crippen LogP contribution in [0.4, 0.5) is 0 Å². The molecule has 2 saturated heterocycles. The van der Waals surface area contributed by atoms with Crippen molar-refractivity contribution in [3.8, 4) is 0 Å². The average molecular weight is 454 g/mol. The van der Waals surface area contributed by atoms with Crippen molar-refractivity contribution in [1.82, 2.24) is 5.32 Å². The number of amides is 1. The quantitative estimate of drug-likeness (QED) is 0.215. The normalized spacial score (nSPS) is 41.0. The Balaban J connectivity index is 0.000000316. The van der Waals surface area contributed by atoms with E-state index in [0.29, 0.717) is 0 Å². The lowest BCUT2D eigenvalue weighted by Gasteiger charge is -2.44. The van der Waals surface area contributed by atoms with Crippen LogP contribution >= 0.6 is 0 Å². The first-order valence-corrected chi connectivity index (χ1v) is 10.6. The lowest BCUT2D eigenvalue weighted by Crippen LogP contribution is -2.65. The SMILES string of the molecule is CC(=O)NC1C(O)C(O)C(CO)OC1C(C)C.CC(C)C1OC(CO)C(O)C(O)C1O. The largest absolute Gasteiger partial charge is 0.394 e. The van der Waals surface area contributed by atoms with Crippen molar-refractivity contribution in [1.29, 1.82) is 0 Å². The maximum atomic E-state index is 11.1. The van der Waals surface area contributed by atoms with Crippen LogP contribution < -0.4 is 5.32 Å². The van der Waals surface area contributed by atoms with Crippen LogP contribution in [0.15, 0.2) is 0 Å². The van der Waals surface area contributed by atoms with E-state index in [1.165, 1.54) is 6.92 Å². The van der Waals surface area contributed by atoms with Crippen LogP contribution in [0.2, 0.25) is 0 Å². The lowest BCUT2D eigenvalue weighted by atomic mass is 9.87. The zero-order valence-corrected chi connectivity index (χ0v) is 18.7. The van der Waals surface area contributed by atoms with Crippen molar-refractivity contribution in [2.75, 3.05) is 13.2 Å². The minimum atomic E-state index is -1.26. The molecule has 0 aromatic heterocycles. The molecule has 0 aliphatic carbocycles. The van der Waals surface area contributed by atoms with Crippen molar-refractivity contribution >= 4 is 5.91 Å². The summed E-state index contributed by atoms with van der Waals surface area (Å²) in [4.78, 5) is 11.1. The molecule has 2 rings (SSSR count). The van der Waals surface area contributed by atoms with Gasteiger partial charge in [-0.15, -0.1) is 0 Å². The topological polar surface area (TPSA) is 189 Å². The maximum absolute atomic E-state index is 11.1. The summed E-state index contributed by atoms with van der Waals surface area (Å²) in [6.45, 7) is 8.06. The summed E-state index contributed by atoms with van der Waals surface area (Å²) in [5, 5.41) is 68.7. The molecular formula is C20H39NO10. The molecule has 2 aliphatic heterocycles. The average Bonchev–Trinajstić information content (AvgIpc) is 2.70. The van der Waals surface area contributed by atoms with Gasteiger partial charge in [-0.2, -0.15) is 0 Å². The molecule has 0 aromatic carbocycles. The molecule has 1 amide bonds. The Morgan fingerprint density at radius 1 is 0.742 bits per heavy atom. The second-order valence-electron chi connectivity index (χ2n) is 8.81. The van der Waals surface area contributed by atoms with E-state index < -0.39 is 61.0 Å².